The molecule has 0 saturated carbocycles. The maximum Gasteiger partial charge on any atom is 0.258 e. The van der Waals surface area contributed by atoms with Crippen LogP contribution in [0.5, 0.6) is 0 Å². The number of aromatic nitrogens is 6. The van der Waals surface area contributed by atoms with Gasteiger partial charge in [0.1, 0.15) is 12.7 Å². The van der Waals surface area contributed by atoms with Gasteiger partial charge >= 0.3 is 0 Å². The maximum atomic E-state index is 4.52. The van der Waals surface area contributed by atoms with Gasteiger partial charge in [-0.3, -0.25) is 0 Å². The summed E-state index contributed by atoms with van der Waals surface area (Å²) in [6.45, 7) is 9.48. The van der Waals surface area contributed by atoms with Crippen molar-refractivity contribution >= 4 is 11.9 Å². The molecule has 0 spiro atoms. The van der Waals surface area contributed by atoms with Crippen molar-refractivity contribution in [2.75, 3.05) is 23.8 Å². The number of nitrogens with zero attached hydrogens (tertiary/aromatic N) is 7. The van der Waals surface area contributed by atoms with Crippen molar-refractivity contribution in [3.63, 3.8) is 0 Å². The van der Waals surface area contributed by atoms with Crippen LogP contribution in [0.15, 0.2) is 12.7 Å². The van der Waals surface area contributed by atoms with Crippen molar-refractivity contribution in [1.82, 2.24) is 29.7 Å². The Balaban J connectivity index is 2.44. The molecular weight excluding hydrogens is 268 g/mol. The monoisotopic (exact) mass is 290 g/mol. The number of rotatable bonds is 6. The second-order valence-electron chi connectivity index (χ2n) is 5.49. The topological polar surface area (TPSA) is 84.7 Å². The van der Waals surface area contributed by atoms with Crippen LogP contribution in [0.2, 0.25) is 0 Å². The van der Waals surface area contributed by atoms with Crippen molar-refractivity contribution in [3.8, 4) is 5.95 Å². The lowest BCUT2D eigenvalue weighted by Gasteiger charge is -2.28. The smallest absolute Gasteiger partial charge is 0.258 e. The Kier molecular flexibility index (Phi) is 4.66. The SMILES string of the molecule is CNc1nc(N(CC(C)C)C(C)C)nc(-n2cncn2)n1. The zero-order chi connectivity index (χ0) is 15.4. The molecular formula is C13H22N8. The molecule has 0 amide bonds. The van der Waals surface area contributed by atoms with Gasteiger partial charge in [-0.2, -0.15) is 24.7 Å². The quantitative estimate of drug-likeness (QED) is 0.859. The van der Waals surface area contributed by atoms with Gasteiger partial charge < -0.3 is 10.2 Å². The Labute approximate surface area is 124 Å². The van der Waals surface area contributed by atoms with Crippen molar-refractivity contribution in [3.05, 3.63) is 12.7 Å². The molecule has 2 rings (SSSR count). The van der Waals surface area contributed by atoms with Crippen LogP contribution in [0, 0.1) is 5.92 Å². The molecule has 8 heteroatoms. The van der Waals surface area contributed by atoms with Gasteiger partial charge in [0.2, 0.25) is 11.9 Å². The first-order valence-electron chi connectivity index (χ1n) is 7.06. The van der Waals surface area contributed by atoms with Gasteiger partial charge in [0.15, 0.2) is 0 Å². The maximum absolute atomic E-state index is 4.52. The third kappa shape index (κ3) is 3.65. The minimum absolute atomic E-state index is 0.295. The predicted octanol–water partition coefficient (Wildman–Crippen LogP) is 1.36. The summed E-state index contributed by atoms with van der Waals surface area (Å²) in [5.74, 6) is 2.12. The molecule has 21 heavy (non-hydrogen) atoms. The highest BCUT2D eigenvalue weighted by atomic mass is 15.4. The van der Waals surface area contributed by atoms with E-state index >= 15 is 0 Å². The summed E-state index contributed by atoms with van der Waals surface area (Å²) < 4.78 is 1.53. The molecule has 0 bridgehead atoms. The van der Waals surface area contributed by atoms with E-state index in [1.165, 1.54) is 11.0 Å². The molecule has 8 nitrogen and oxygen atoms in total. The number of hydrogen-bond acceptors (Lipinski definition) is 7. The van der Waals surface area contributed by atoms with Crippen molar-refractivity contribution < 1.29 is 0 Å². The summed E-state index contributed by atoms with van der Waals surface area (Å²) in [6.07, 6.45) is 3.03. The van der Waals surface area contributed by atoms with E-state index in [2.05, 4.69) is 62.9 Å². The lowest BCUT2D eigenvalue weighted by Crippen LogP contribution is -2.36. The number of anilines is 2. The molecule has 1 N–H and O–H groups in total. The Bertz CT molecular complexity index is 564. The van der Waals surface area contributed by atoms with Crippen LogP contribution in [-0.4, -0.2) is 49.4 Å². The van der Waals surface area contributed by atoms with Gasteiger partial charge in [0, 0.05) is 19.6 Å². The predicted molar refractivity (Wildman–Crippen MR) is 81.6 cm³/mol. The molecule has 0 aliphatic rings. The zero-order valence-corrected chi connectivity index (χ0v) is 13.1. The molecule has 114 valence electrons. The minimum atomic E-state index is 0.295. The van der Waals surface area contributed by atoms with E-state index in [1.807, 2.05) is 0 Å². The molecule has 0 aliphatic carbocycles. The van der Waals surface area contributed by atoms with Crippen LogP contribution >= 0.6 is 0 Å². The Morgan fingerprint density at radius 2 is 1.95 bits per heavy atom. The zero-order valence-electron chi connectivity index (χ0n) is 13.1. The van der Waals surface area contributed by atoms with Crippen LogP contribution in [-0.2, 0) is 0 Å². The fraction of sp³-hybridized carbons (Fsp3) is 0.615. The second-order valence-corrected chi connectivity index (χ2v) is 5.49. The van der Waals surface area contributed by atoms with Crippen LogP contribution in [0.25, 0.3) is 5.95 Å². The van der Waals surface area contributed by atoms with Crippen LogP contribution < -0.4 is 10.2 Å². The van der Waals surface area contributed by atoms with Crippen LogP contribution in [0.3, 0.4) is 0 Å². The van der Waals surface area contributed by atoms with E-state index in [0.29, 0.717) is 29.8 Å². The number of hydrogen-bond donors (Lipinski definition) is 1. The highest BCUT2D eigenvalue weighted by molar-refractivity contribution is 5.40. The Hall–Kier alpha value is -2.25. The van der Waals surface area contributed by atoms with E-state index in [9.17, 15) is 0 Å². The van der Waals surface area contributed by atoms with E-state index in [1.54, 1.807) is 13.4 Å². The summed E-state index contributed by atoms with van der Waals surface area (Å²) in [6, 6.07) is 0.295. The summed E-state index contributed by atoms with van der Waals surface area (Å²) in [5.41, 5.74) is 0. The van der Waals surface area contributed by atoms with Crippen LogP contribution in [0.4, 0.5) is 11.9 Å². The summed E-state index contributed by atoms with van der Waals surface area (Å²) in [7, 11) is 1.78. The second kappa shape index (κ2) is 6.47. The largest absolute Gasteiger partial charge is 0.357 e. The molecule has 0 radical (unpaired) electrons. The van der Waals surface area contributed by atoms with E-state index in [0.717, 1.165) is 6.54 Å². The molecule has 0 atom stereocenters. The van der Waals surface area contributed by atoms with E-state index in [4.69, 9.17) is 0 Å². The first-order valence-corrected chi connectivity index (χ1v) is 7.06. The Morgan fingerprint density at radius 3 is 2.48 bits per heavy atom. The van der Waals surface area contributed by atoms with Crippen molar-refractivity contribution in [2.45, 2.75) is 33.7 Å². The van der Waals surface area contributed by atoms with E-state index < -0.39 is 0 Å². The molecule has 0 saturated heterocycles. The Morgan fingerprint density at radius 1 is 1.19 bits per heavy atom. The third-order valence-corrected chi connectivity index (χ3v) is 2.90. The summed E-state index contributed by atoms with van der Waals surface area (Å²) >= 11 is 0. The molecule has 2 heterocycles. The lowest BCUT2D eigenvalue weighted by atomic mass is 10.2. The van der Waals surface area contributed by atoms with Gasteiger partial charge in [-0.1, -0.05) is 13.8 Å². The summed E-state index contributed by atoms with van der Waals surface area (Å²) in [5, 5.41) is 7.04. The first kappa shape index (κ1) is 15.1. The average molecular weight is 290 g/mol. The van der Waals surface area contributed by atoms with E-state index in [-0.39, 0.29) is 0 Å². The van der Waals surface area contributed by atoms with Gasteiger partial charge in [-0.25, -0.2) is 4.98 Å². The molecule has 2 aromatic heterocycles. The minimum Gasteiger partial charge on any atom is -0.357 e. The van der Waals surface area contributed by atoms with Crippen molar-refractivity contribution in [1.29, 1.82) is 0 Å². The summed E-state index contributed by atoms with van der Waals surface area (Å²) in [4.78, 5) is 19.4. The third-order valence-electron chi connectivity index (χ3n) is 2.90. The molecule has 2 aromatic rings. The molecule has 0 unspecified atom stereocenters. The van der Waals surface area contributed by atoms with Crippen LogP contribution in [0.1, 0.15) is 27.7 Å². The number of nitrogens with one attached hydrogen (secondary N) is 1. The fourth-order valence-electron chi connectivity index (χ4n) is 1.92. The highest BCUT2D eigenvalue weighted by Crippen LogP contribution is 2.16. The molecule has 0 aromatic carbocycles. The van der Waals surface area contributed by atoms with Gasteiger partial charge in [-0.05, 0) is 19.8 Å². The van der Waals surface area contributed by atoms with Gasteiger partial charge in [0.05, 0.1) is 0 Å². The van der Waals surface area contributed by atoms with Gasteiger partial charge in [0.25, 0.3) is 5.95 Å². The van der Waals surface area contributed by atoms with Crippen molar-refractivity contribution in [2.24, 2.45) is 5.92 Å². The normalized spacial score (nSPS) is 11.2. The molecule has 0 fully saturated rings. The first-order chi connectivity index (χ1) is 10.0. The standard InChI is InChI=1S/C13H22N8/c1-9(2)6-20(10(3)4)12-17-11(14-5)18-13(19-12)21-8-15-7-16-21/h7-10H,6H2,1-5H3,(H,14,17,18,19). The van der Waals surface area contributed by atoms with Gasteiger partial charge in [-0.15, -0.1) is 0 Å². The molecule has 0 aliphatic heterocycles. The lowest BCUT2D eigenvalue weighted by molar-refractivity contribution is 0.558. The average Bonchev–Trinajstić information content (AvgIpc) is 2.98. The fourth-order valence-corrected chi connectivity index (χ4v) is 1.92. The highest BCUT2D eigenvalue weighted by Gasteiger charge is 2.18.